The topological polar surface area (TPSA) is 131 Å². The Balaban J connectivity index is 2.74. The Kier molecular flexibility index (Phi) is 7.11. The second-order valence-corrected chi connectivity index (χ2v) is 7.03. The molecule has 1 aliphatic heterocycles. The van der Waals surface area contributed by atoms with Gasteiger partial charge in [0.2, 0.25) is 5.91 Å². The summed E-state index contributed by atoms with van der Waals surface area (Å²) in [4.78, 5) is 36.7. The molecule has 0 fully saturated rings. The van der Waals surface area contributed by atoms with E-state index in [0.29, 0.717) is 5.70 Å². The zero-order chi connectivity index (χ0) is 21.7. The molecule has 0 spiro atoms. The molecule has 3 N–H and O–H groups in total. The van der Waals surface area contributed by atoms with Crippen LogP contribution < -0.4 is 10.6 Å². The summed E-state index contributed by atoms with van der Waals surface area (Å²) in [6.07, 6.45) is 0. The molecule has 0 aromatic heterocycles. The molecule has 1 aromatic carbocycles. The molecule has 1 heterocycles. The van der Waals surface area contributed by atoms with Crippen molar-refractivity contribution in [3.8, 4) is 0 Å². The Morgan fingerprint density at radius 3 is 2.52 bits per heavy atom. The van der Waals surface area contributed by atoms with E-state index in [0.717, 1.165) is 0 Å². The summed E-state index contributed by atoms with van der Waals surface area (Å²) in [6.45, 7) is 5.01. The van der Waals surface area contributed by atoms with Crippen LogP contribution in [0.25, 0.3) is 0 Å². The minimum atomic E-state index is -1.07. The van der Waals surface area contributed by atoms with E-state index in [1.165, 1.54) is 25.2 Å². The molecule has 1 unspecified atom stereocenters. The fourth-order valence-electron chi connectivity index (χ4n) is 3.22. The van der Waals surface area contributed by atoms with Crippen LogP contribution >= 0.6 is 0 Å². The zero-order valence-corrected chi connectivity index (χ0v) is 16.8. The van der Waals surface area contributed by atoms with Crippen molar-refractivity contribution in [3.63, 3.8) is 0 Å². The maximum absolute atomic E-state index is 12.9. The van der Waals surface area contributed by atoms with Gasteiger partial charge in [0.05, 0.1) is 40.9 Å². The van der Waals surface area contributed by atoms with Gasteiger partial charge in [-0.15, -0.1) is 0 Å². The van der Waals surface area contributed by atoms with Gasteiger partial charge < -0.3 is 20.5 Å². The molecule has 0 bridgehead atoms. The van der Waals surface area contributed by atoms with Gasteiger partial charge in [-0.1, -0.05) is 32.0 Å². The molecule has 2 rings (SSSR count). The molecule has 1 amide bonds. The van der Waals surface area contributed by atoms with Crippen molar-refractivity contribution in [1.29, 1.82) is 0 Å². The first kappa shape index (κ1) is 22.1. The number of para-hydroxylation sites is 1. The molecular formula is C20H25N3O6. The second kappa shape index (κ2) is 9.33. The molecule has 9 heteroatoms. The number of nitro groups is 1. The average Bonchev–Trinajstić information content (AvgIpc) is 2.70. The molecule has 0 saturated carbocycles. The number of esters is 1. The summed E-state index contributed by atoms with van der Waals surface area (Å²) < 4.78 is 5.37. The Bertz CT molecular complexity index is 888. The van der Waals surface area contributed by atoms with E-state index in [1.807, 2.05) is 13.8 Å². The number of allylic oxidation sites excluding steroid dienone is 1. The number of nitrogens with one attached hydrogen (secondary N) is 2. The Morgan fingerprint density at radius 2 is 1.97 bits per heavy atom. The third kappa shape index (κ3) is 4.62. The molecule has 1 atom stereocenters. The zero-order valence-electron chi connectivity index (χ0n) is 16.8. The largest absolute Gasteiger partial charge is 0.462 e. The quantitative estimate of drug-likeness (QED) is 0.359. The third-order valence-electron chi connectivity index (χ3n) is 4.49. The van der Waals surface area contributed by atoms with E-state index in [4.69, 9.17) is 4.74 Å². The maximum Gasteiger partial charge on any atom is 0.336 e. The lowest BCUT2D eigenvalue weighted by atomic mass is 9.79. The van der Waals surface area contributed by atoms with E-state index in [-0.39, 0.29) is 40.6 Å². The van der Waals surface area contributed by atoms with Crippen LogP contribution in [0.1, 0.15) is 32.3 Å². The van der Waals surface area contributed by atoms with E-state index >= 15 is 0 Å². The summed E-state index contributed by atoms with van der Waals surface area (Å²) in [5.74, 6) is -2.22. The lowest BCUT2D eigenvalue weighted by Gasteiger charge is -2.31. The Labute approximate surface area is 168 Å². The van der Waals surface area contributed by atoms with Crippen molar-refractivity contribution in [1.82, 2.24) is 10.6 Å². The first-order valence-corrected chi connectivity index (χ1v) is 9.17. The van der Waals surface area contributed by atoms with Crippen LogP contribution in [-0.2, 0) is 14.3 Å². The van der Waals surface area contributed by atoms with Crippen molar-refractivity contribution in [2.45, 2.75) is 26.7 Å². The Morgan fingerprint density at radius 1 is 1.31 bits per heavy atom. The Hall–Kier alpha value is -3.20. The average molecular weight is 403 g/mol. The third-order valence-corrected chi connectivity index (χ3v) is 4.49. The van der Waals surface area contributed by atoms with Crippen LogP contribution in [0.5, 0.6) is 0 Å². The lowest BCUT2D eigenvalue weighted by molar-refractivity contribution is -0.385. The van der Waals surface area contributed by atoms with E-state index in [1.54, 1.807) is 13.0 Å². The van der Waals surface area contributed by atoms with Crippen LogP contribution in [0.2, 0.25) is 0 Å². The van der Waals surface area contributed by atoms with Gasteiger partial charge in [-0.3, -0.25) is 14.9 Å². The minimum absolute atomic E-state index is 0.0337. The van der Waals surface area contributed by atoms with Gasteiger partial charge >= 0.3 is 5.97 Å². The van der Waals surface area contributed by atoms with Gasteiger partial charge in [0, 0.05) is 24.4 Å². The first-order chi connectivity index (χ1) is 13.7. The van der Waals surface area contributed by atoms with Crippen LogP contribution in [0.3, 0.4) is 0 Å². The molecule has 9 nitrogen and oxygen atoms in total. The van der Waals surface area contributed by atoms with Crippen LogP contribution in [0, 0.1) is 16.0 Å². The molecular weight excluding hydrogens is 378 g/mol. The van der Waals surface area contributed by atoms with E-state index in [9.17, 15) is 24.8 Å². The standard InChI is InChI=1S/C20H25N3O6/c1-11(2)10-29-20(26)16-12(3)22-14(9-24)18(19(25)21-4)17(16)13-7-5-6-8-15(13)23(27)28/h5-8,11,17,22,24H,9-10H2,1-4H3,(H,21,25). The number of dihydropyridines is 1. The SMILES string of the molecule is CNC(=O)C1=C(CO)NC(C)=C(C(=O)OCC(C)C)C1c1ccccc1[N+](=O)[O-]. The van der Waals surface area contributed by atoms with Gasteiger partial charge in [0.25, 0.3) is 5.69 Å². The van der Waals surface area contributed by atoms with Gasteiger partial charge in [-0.05, 0) is 12.8 Å². The molecule has 29 heavy (non-hydrogen) atoms. The highest BCUT2D eigenvalue weighted by Crippen LogP contribution is 2.42. The highest BCUT2D eigenvalue weighted by molar-refractivity contribution is 6.02. The molecule has 0 saturated heterocycles. The van der Waals surface area contributed by atoms with Crippen LogP contribution in [-0.4, -0.2) is 42.2 Å². The predicted molar refractivity (Wildman–Crippen MR) is 106 cm³/mol. The van der Waals surface area contributed by atoms with Crippen molar-refractivity contribution in [2.24, 2.45) is 5.92 Å². The lowest BCUT2D eigenvalue weighted by Crippen LogP contribution is -2.37. The minimum Gasteiger partial charge on any atom is -0.462 e. The summed E-state index contributed by atoms with van der Waals surface area (Å²) >= 11 is 0. The van der Waals surface area contributed by atoms with Crippen molar-refractivity contribution in [2.75, 3.05) is 20.3 Å². The van der Waals surface area contributed by atoms with Gasteiger partial charge in [0.1, 0.15) is 0 Å². The number of carbonyl (C=O) groups is 2. The normalized spacial score (nSPS) is 16.6. The number of hydrogen-bond acceptors (Lipinski definition) is 7. The number of ether oxygens (including phenoxy) is 1. The number of hydrogen-bond donors (Lipinski definition) is 3. The number of nitro benzene ring substituents is 1. The smallest absolute Gasteiger partial charge is 0.336 e. The van der Waals surface area contributed by atoms with Crippen LogP contribution in [0.4, 0.5) is 5.69 Å². The van der Waals surface area contributed by atoms with Gasteiger partial charge in [0.15, 0.2) is 0 Å². The molecule has 1 aliphatic rings. The van der Waals surface area contributed by atoms with Crippen molar-refractivity contribution in [3.05, 3.63) is 62.5 Å². The molecule has 1 aromatic rings. The maximum atomic E-state index is 12.9. The van der Waals surface area contributed by atoms with Crippen molar-refractivity contribution < 1.29 is 24.4 Å². The van der Waals surface area contributed by atoms with E-state index in [2.05, 4.69) is 10.6 Å². The highest BCUT2D eigenvalue weighted by atomic mass is 16.6. The van der Waals surface area contributed by atoms with Gasteiger partial charge in [-0.2, -0.15) is 0 Å². The van der Waals surface area contributed by atoms with Crippen molar-refractivity contribution >= 4 is 17.6 Å². The number of amides is 1. The number of aliphatic hydroxyl groups is 1. The monoisotopic (exact) mass is 403 g/mol. The molecule has 0 aliphatic carbocycles. The number of likely N-dealkylation sites (N-methyl/N-ethyl adjacent to an activating group) is 1. The second-order valence-electron chi connectivity index (χ2n) is 7.03. The summed E-state index contributed by atoms with van der Waals surface area (Å²) in [5, 5.41) is 26.8. The number of benzene rings is 1. The summed E-state index contributed by atoms with van der Waals surface area (Å²) in [6, 6.07) is 5.90. The van der Waals surface area contributed by atoms with Gasteiger partial charge in [-0.25, -0.2) is 4.79 Å². The molecule has 156 valence electrons. The number of carbonyl (C=O) groups excluding carboxylic acids is 2. The first-order valence-electron chi connectivity index (χ1n) is 9.17. The fourth-order valence-corrected chi connectivity index (χ4v) is 3.22. The molecule has 0 radical (unpaired) electrons. The fraction of sp³-hybridized carbons (Fsp3) is 0.400. The van der Waals surface area contributed by atoms with Crippen LogP contribution in [0.15, 0.2) is 46.8 Å². The number of nitrogens with zero attached hydrogens (tertiary/aromatic N) is 1. The number of rotatable bonds is 7. The summed E-state index contributed by atoms with van der Waals surface area (Å²) in [7, 11) is 1.41. The highest BCUT2D eigenvalue weighted by Gasteiger charge is 2.40. The number of aliphatic hydroxyl groups excluding tert-OH is 1. The van der Waals surface area contributed by atoms with E-state index < -0.39 is 29.3 Å². The summed E-state index contributed by atoms with van der Waals surface area (Å²) in [5.41, 5.74) is 0.589. The predicted octanol–water partition coefficient (Wildman–Crippen LogP) is 1.75.